The molecule has 0 heterocycles. The molecule has 5 N–H and O–H groups in total. The number of halogens is 2. The highest BCUT2D eigenvalue weighted by molar-refractivity contribution is 5.96. The Labute approximate surface area is 242 Å². The zero-order valence-electron chi connectivity index (χ0n) is 24.9. The quantitative estimate of drug-likeness (QED) is 0.241. The maximum absolute atomic E-state index is 14.5. The van der Waals surface area contributed by atoms with Crippen LogP contribution in [-0.2, 0) is 20.8 Å². The Hall–Kier alpha value is -3.11. The number of rotatable bonds is 16. The summed E-state index contributed by atoms with van der Waals surface area (Å²) in [6.07, 6.45) is 3.39. The minimum atomic E-state index is -1.43. The molecule has 8 nitrogen and oxygen atoms in total. The first kappa shape index (κ1) is 34.1. The van der Waals surface area contributed by atoms with E-state index in [0.717, 1.165) is 6.07 Å². The molecule has 0 radical (unpaired) electrons. The molecule has 0 bridgehead atoms. The van der Waals surface area contributed by atoms with E-state index >= 15 is 0 Å². The van der Waals surface area contributed by atoms with Crippen molar-refractivity contribution in [2.75, 3.05) is 32.7 Å². The van der Waals surface area contributed by atoms with Crippen molar-refractivity contribution in [3.05, 3.63) is 58.7 Å². The maximum atomic E-state index is 14.5. The Bertz CT molecular complexity index is 1110. The average molecular weight is 577 g/mol. The van der Waals surface area contributed by atoms with E-state index in [1.54, 1.807) is 24.0 Å². The summed E-state index contributed by atoms with van der Waals surface area (Å²) in [4.78, 5) is 40.9. The average Bonchev–Trinajstić information content (AvgIpc) is 2.88. The van der Waals surface area contributed by atoms with Gasteiger partial charge in [0, 0.05) is 43.7 Å². The van der Waals surface area contributed by atoms with Gasteiger partial charge in [-0.1, -0.05) is 45.4 Å². The van der Waals surface area contributed by atoms with Crippen molar-refractivity contribution in [3.63, 3.8) is 0 Å². The summed E-state index contributed by atoms with van der Waals surface area (Å²) in [5.74, 6) is -3.42. The lowest BCUT2D eigenvalue weighted by molar-refractivity contribution is -0.145. The van der Waals surface area contributed by atoms with E-state index in [1.165, 1.54) is 12.1 Å². The second-order valence-electron chi connectivity index (χ2n) is 11.4. The molecule has 1 aliphatic rings. The lowest BCUT2D eigenvalue weighted by Gasteiger charge is -2.45. The number of hydrogen-bond donors (Lipinski definition) is 4. The van der Waals surface area contributed by atoms with Crippen LogP contribution in [0.2, 0.25) is 0 Å². The lowest BCUT2D eigenvalue weighted by atomic mass is 9.63. The highest BCUT2D eigenvalue weighted by atomic mass is 19.1. The number of nitrogens with one attached hydrogen (secondary N) is 2. The maximum Gasteiger partial charge on any atom is 0.244 e. The molecule has 1 aromatic carbocycles. The van der Waals surface area contributed by atoms with E-state index in [0.29, 0.717) is 38.0 Å². The molecule has 3 atom stereocenters. The number of benzene rings is 1. The molecule has 1 aliphatic carbocycles. The Morgan fingerprint density at radius 2 is 1.68 bits per heavy atom. The van der Waals surface area contributed by atoms with Crippen LogP contribution in [-0.4, -0.2) is 66.6 Å². The van der Waals surface area contributed by atoms with E-state index in [9.17, 15) is 28.3 Å². The standard InChI is InChI=1S/C31H46F2N4O4/c1-6-8-37(9-7-2)30(41)31(15-21(5)10-23(16-31)29(34)40)26(13-22-11-24(32)14-25(33)12-22)27(38)18-35-19-28(39)36-17-20(3)4/h10-12,14-15,20,26-27,35,38H,6-9,13,16-19H2,1-5H3,(H2,34,40)(H,36,39)/t26-,27+,31?/m1/s1. The third-order valence-corrected chi connectivity index (χ3v) is 7.21. The first-order valence-corrected chi connectivity index (χ1v) is 14.4. The topological polar surface area (TPSA) is 125 Å². The van der Waals surface area contributed by atoms with Crippen molar-refractivity contribution in [2.24, 2.45) is 23.0 Å². The van der Waals surface area contributed by atoms with Crippen molar-refractivity contribution < 1.29 is 28.3 Å². The number of allylic oxidation sites excluding steroid dienone is 2. The molecule has 1 aromatic rings. The minimum Gasteiger partial charge on any atom is -0.391 e. The van der Waals surface area contributed by atoms with Crippen molar-refractivity contribution in [1.29, 1.82) is 0 Å². The number of carbonyl (C=O) groups excluding carboxylic acids is 3. The van der Waals surface area contributed by atoms with Gasteiger partial charge in [0.25, 0.3) is 0 Å². The van der Waals surface area contributed by atoms with Crippen molar-refractivity contribution in [3.8, 4) is 0 Å². The second-order valence-corrected chi connectivity index (χ2v) is 11.4. The van der Waals surface area contributed by atoms with Gasteiger partial charge in [0.15, 0.2) is 0 Å². The molecule has 0 fully saturated rings. The monoisotopic (exact) mass is 576 g/mol. The summed E-state index contributed by atoms with van der Waals surface area (Å²) in [5, 5.41) is 17.4. The third-order valence-electron chi connectivity index (χ3n) is 7.21. The van der Waals surface area contributed by atoms with Gasteiger partial charge in [0.1, 0.15) is 11.6 Å². The van der Waals surface area contributed by atoms with Crippen LogP contribution >= 0.6 is 0 Å². The number of nitrogens with two attached hydrogens (primary N) is 1. The van der Waals surface area contributed by atoms with Gasteiger partial charge < -0.3 is 26.4 Å². The summed E-state index contributed by atoms with van der Waals surface area (Å²) >= 11 is 0. The summed E-state index contributed by atoms with van der Waals surface area (Å²) in [6.45, 7) is 10.9. The SMILES string of the molecule is CCCN(CCC)C(=O)C1([C@H](Cc2cc(F)cc(F)c2)[C@@H](O)CNCC(=O)NCC(C)C)C=C(C)C=C(C(N)=O)C1. The molecule has 0 aromatic heterocycles. The Morgan fingerprint density at radius 1 is 1.07 bits per heavy atom. The van der Waals surface area contributed by atoms with Gasteiger partial charge in [0.05, 0.1) is 18.1 Å². The smallest absolute Gasteiger partial charge is 0.244 e. The van der Waals surface area contributed by atoms with Crippen LogP contribution in [0.3, 0.4) is 0 Å². The third kappa shape index (κ3) is 9.74. The molecule has 10 heteroatoms. The van der Waals surface area contributed by atoms with Crippen LogP contribution < -0.4 is 16.4 Å². The van der Waals surface area contributed by atoms with E-state index in [1.807, 2.05) is 27.7 Å². The minimum absolute atomic E-state index is 0.0643. The summed E-state index contributed by atoms with van der Waals surface area (Å²) < 4.78 is 28.5. The van der Waals surface area contributed by atoms with Crippen molar-refractivity contribution >= 4 is 17.7 Å². The Morgan fingerprint density at radius 3 is 2.22 bits per heavy atom. The van der Waals surface area contributed by atoms with Crippen LogP contribution in [0, 0.1) is 28.9 Å². The van der Waals surface area contributed by atoms with Gasteiger partial charge in [-0.3, -0.25) is 14.4 Å². The fourth-order valence-electron chi connectivity index (χ4n) is 5.48. The zero-order chi connectivity index (χ0) is 30.7. The Balaban J connectivity index is 2.58. The van der Waals surface area contributed by atoms with Crippen LogP contribution in [0.4, 0.5) is 8.78 Å². The van der Waals surface area contributed by atoms with Gasteiger partial charge in [-0.15, -0.1) is 0 Å². The van der Waals surface area contributed by atoms with Crippen LogP contribution in [0.15, 0.2) is 41.5 Å². The Kier molecular flexibility index (Phi) is 13.1. The molecule has 228 valence electrons. The summed E-state index contributed by atoms with van der Waals surface area (Å²) in [5.41, 5.74) is 5.37. The number of aliphatic hydroxyl groups is 1. The van der Waals surface area contributed by atoms with Gasteiger partial charge in [-0.05, 0) is 56.2 Å². The predicted octanol–water partition coefficient (Wildman–Crippen LogP) is 3.24. The molecule has 0 saturated carbocycles. The molecule has 0 saturated heterocycles. The van der Waals surface area contributed by atoms with Gasteiger partial charge >= 0.3 is 0 Å². The van der Waals surface area contributed by atoms with E-state index in [2.05, 4.69) is 10.6 Å². The molecule has 0 spiro atoms. The summed E-state index contributed by atoms with van der Waals surface area (Å²) in [6, 6.07) is 3.11. The van der Waals surface area contributed by atoms with Crippen molar-refractivity contribution in [1.82, 2.24) is 15.5 Å². The van der Waals surface area contributed by atoms with E-state index < -0.39 is 35.0 Å². The molecular formula is C31H46F2N4O4. The molecule has 41 heavy (non-hydrogen) atoms. The van der Waals surface area contributed by atoms with E-state index in [4.69, 9.17) is 5.73 Å². The van der Waals surface area contributed by atoms with Crippen LogP contribution in [0.25, 0.3) is 0 Å². The molecule has 3 amide bonds. The normalized spacial score (nSPS) is 18.4. The first-order chi connectivity index (χ1) is 19.3. The van der Waals surface area contributed by atoms with Crippen LogP contribution in [0.5, 0.6) is 0 Å². The molecule has 2 rings (SSSR count). The number of amides is 3. The highest BCUT2D eigenvalue weighted by Gasteiger charge is 2.50. The fraction of sp³-hybridized carbons (Fsp3) is 0.581. The van der Waals surface area contributed by atoms with Gasteiger partial charge in [-0.25, -0.2) is 8.78 Å². The first-order valence-electron chi connectivity index (χ1n) is 14.4. The van der Waals surface area contributed by atoms with Gasteiger partial charge in [-0.2, -0.15) is 0 Å². The fourth-order valence-corrected chi connectivity index (χ4v) is 5.48. The molecular weight excluding hydrogens is 530 g/mol. The zero-order valence-corrected chi connectivity index (χ0v) is 24.9. The van der Waals surface area contributed by atoms with E-state index in [-0.39, 0.29) is 54.8 Å². The number of carbonyl (C=O) groups is 3. The largest absolute Gasteiger partial charge is 0.391 e. The predicted molar refractivity (Wildman–Crippen MR) is 156 cm³/mol. The van der Waals surface area contributed by atoms with Crippen LogP contribution in [0.1, 0.15) is 59.4 Å². The second kappa shape index (κ2) is 15.8. The molecule has 0 aliphatic heterocycles. The molecule has 1 unspecified atom stereocenters. The number of hydrogen-bond acceptors (Lipinski definition) is 5. The number of aliphatic hydroxyl groups excluding tert-OH is 1. The number of nitrogens with zero attached hydrogens (tertiary/aromatic N) is 1. The number of primary amides is 1. The van der Waals surface area contributed by atoms with Gasteiger partial charge in [0.2, 0.25) is 17.7 Å². The van der Waals surface area contributed by atoms with Crippen molar-refractivity contribution in [2.45, 2.75) is 66.4 Å². The highest BCUT2D eigenvalue weighted by Crippen LogP contribution is 2.45. The summed E-state index contributed by atoms with van der Waals surface area (Å²) in [7, 11) is 0. The lowest BCUT2D eigenvalue weighted by Crippen LogP contribution is -2.54.